The van der Waals surface area contributed by atoms with Gasteiger partial charge in [0.2, 0.25) is 5.78 Å². The second-order valence-electron chi connectivity index (χ2n) is 8.68. The average molecular weight is 399 g/mol. The summed E-state index contributed by atoms with van der Waals surface area (Å²) in [5.41, 5.74) is 5.17. The molecule has 1 aliphatic heterocycles. The molecule has 0 unspecified atom stereocenters. The summed E-state index contributed by atoms with van der Waals surface area (Å²) in [4.78, 5) is 12.7. The van der Waals surface area contributed by atoms with Gasteiger partial charge < -0.3 is 9.47 Å². The Hall–Kier alpha value is -3.33. The van der Waals surface area contributed by atoms with E-state index in [9.17, 15) is 4.79 Å². The number of ketones is 1. The minimum atomic E-state index is -0.102. The number of aryl methyl sites for hydroxylation is 1. The van der Waals surface area contributed by atoms with Crippen molar-refractivity contribution in [2.75, 3.05) is 0 Å². The summed E-state index contributed by atoms with van der Waals surface area (Å²) in [7, 11) is 0. The molecule has 0 fully saturated rings. The molecule has 3 aromatic rings. The van der Waals surface area contributed by atoms with E-state index in [1.165, 1.54) is 11.1 Å². The van der Waals surface area contributed by atoms with Crippen molar-refractivity contribution in [3.63, 3.8) is 0 Å². The summed E-state index contributed by atoms with van der Waals surface area (Å²) in [6, 6.07) is 21.7. The van der Waals surface area contributed by atoms with Crippen LogP contribution in [0.25, 0.3) is 6.08 Å². The SMILES string of the molecule is Cc1ccccc1COc1ccc2c(c1)O/C(=C/c1ccc(C(C)(C)C)cc1)C2=O. The Bertz CT molecular complexity index is 1120. The second-order valence-corrected chi connectivity index (χ2v) is 8.68. The van der Waals surface area contributed by atoms with Crippen molar-refractivity contribution >= 4 is 11.9 Å². The van der Waals surface area contributed by atoms with Crippen molar-refractivity contribution in [2.45, 2.75) is 39.7 Å². The van der Waals surface area contributed by atoms with Gasteiger partial charge >= 0.3 is 0 Å². The number of ether oxygens (including phenoxy) is 2. The lowest BCUT2D eigenvalue weighted by molar-refractivity contribution is 0.101. The Labute approximate surface area is 178 Å². The first kappa shape index (κ1) is 20.0. The van der Waals surface area contributed by atoms with E-state index in [0.717, 1.165) is 11.1 Å². The molecule has 0 spiro atoms. The van der Waals surface area contributed by atoms with Crippen LogP contribution in [0.1, 0.15) is 53.4 Å². The summed E-state index contributed by atoms with van der Waals surface area (Å²) < 4.78 is 11.8. The fourth-order valence-corrected chi connectivity index (χ4v) is 3.42. The van der Waals surface area contributed by atoms with Crippen LogP contribution in [0.2, 0.25) is 0 Å². The summed E-state index contributed by atoms with van der Waals surface area (Å²) in [5, 5.41) is 0. The molecule has 152 valence electrons. The van der Waals surface area contributed by atoms with E-state index in [1.54, 1.807) is 18.2 Å². The molecule has 0 aromatic heterocycles. The Morgan fingerprint density at radius 3 is 2.40 bits per heavy atom. The number of carbonyl (C=O) groups excluding carboxylic acids is 1. The zero-order valence-electron chi connectivity index (χ0n) is 17.9. The molecule has 0 bridgehead atoms. The van der Waals surface area contributed by atoms with Gasteiger partial charge in [0.05, 0.1) is 5.56 Å². The third-order valence-electron chi connectivity index (χ3n) is 5.37. The standard InChI is InChI=1S/C27H26O3/c1-18-7-5-6-8-20(18)17-29-22-13-14-23-24(16-22)30-25(26(23)28)15-19-9-11-21(12-10-19)27(2,3)4/h5-16H,17H2,1-4H3/b25-15+. The van der Waals surface area contributed by atoms with E-state index in [1.807, 2.05) is 30.3 Å². The maximum atomic E-state index is 12.7. The van der Waals surface area contributed by atoms with Gasteiger partial charge in [0, 0.05) is 6.07 Å². The molecule has 0 N–H and O–H groups in total. The zero-order valence-corrected chi connectivity index (χ0v) is 17.9. The highest BCUT2D eigenvalue weighted by Crippen LogP contribution is 2.35. The highest BCUT2D eigenvalue weighted by molar-refractivity contribution is 6.14. The Morgan fingerprint density at radius 1 is 0.967 bits per heavy atom. The minimum Gasteiger partial charge on any atom is -0.489 e. The van der Waals surface area contributed by atoms with Gasteiger partial charge in [0.15, 0.2) is 5.76 Å². The van der Waals surface area contributed by atoms with E-state index in [2.05, 4.69) is 52.0 Å². The van der Waals surface area contributed by atoms with Crippen LogP contribution in [0, 0.1) is 6.92 Å². The topological polar surface area (TPSA) is 35.5 Å². The number of benzene rings is 3. The first-order chi connectivity index (χ1) is 14.3. The molecule has 0 amide bonds. The maximum Gasteiger partial charge on any atom is 0.231 e. The first-order valence-electron chi connectivity index (χ1n) is 10.2. The van der Waals surface area contributed by atoms with Gasteiger partial charge in [-0.05, 0) is 52.8 Å². The number of allylic oxidation sites excluding steroid dienone is 1. The number of fused-ring (bicyclic) bond motifs is 1. The summed E-state index contributed by atoms with van der Waals surface area (Å²) in [5.74, 6) is 1.46. The molecule has 4 rings (SSSR count). The fourth-order valence-electron chi connectivity index (χ4n) is 3.42. The van der Waals surface area contributed by atoms with Crippen LogP contribution in [0.5, 0.6) is 11.5 Å². The molecule has 0 saturated carbocycles. The lowest BCUT2D eigenvalue weighted by Crippen LogP contribution is -2.10. The van der Waals surface area contributed by atoms with Crippen molar-refractivity contribution in [2.24, 2.45) is 0 Å². The van der Waals surface area contributed by atoms with Crippen molar-refractivity contribution in [1.29, 1.82) is 0 Å². The lowest BCUT2D eigenvalue weighted by atomic mass is 9.86. The van der Waals surface area contributed by atoms with Crippen molar-refractivity contribution < 1.29 is 14.3 Å². The molecule has 3 nitrogen and oxygen atoms in total. The first-order valence-corrected chi connectivity index (χ1v) is 10.2. The van der Waals surface area contributed by atoms with E-state index in [-0.39, 0.29) is 11.2 Å². The van der Waals surface area contributed by atoms with Gasteiger partial charge in [-0.15, -0.1) is 0 Å². The van der Waals surface area contributed by atoms with E-state index in [0.29, 0.717) is 29.4 Å². The molecular formula is C27H26O3. The predicted molar refractivity (Wildman–Crippen MR) is 120 cm³/mol. The van der Waals surface area contributed by atoms with E-state index >= 15 is 0 Å². The van der Waals surface area contributed by atoms with Crippen LogP contribution in [0.15, 0.2) is 72.5 Å². The van der Waals surface area contributed by atoms with Gasteiger partial charge in [0.1, 0.15) is 18.1 Å². The lowest BCUT2D eigenvalue weighted by Gasteiger charge is -2.18. The Balaban J connectivity index is 1.50. The third-order valence-corrected chi connectivity index (χ3v) is 5.37. The number of hydrogen-bond donors (Lipinski definition) is 0. The zero-order chi connectivity index (χ0) is 21.3. The smallest absolute Gasteiger partial charge is 0.231 e. The number of hydrogen-bond acceptors (Lipinski definition) is 3. The predicted octanol–water partition coefficient (Wildman–Crippen LogP) is 6.49. The summed E-state index contributed by atoms with van der Waals surface area (Å²) >= 11 is 0. The molecule has 0 atom stereocenters. The van der Waals surface area contributed by atoms with Crippen LogP contribution in [-0.2, 0) is 12.0 Å². The summed E-state index contributed by atoms with van der Waals surface area (Å²) in [6.45, 7) is 9.08. The van der Waals surface area contributed by atoms with Crippen LogP contribution < -0.4 is 9.47 Å². The second kappa shape index (κ2) is 7.83. The minimum absolute atomic E-state index is 0.0935. The number of rotatable bonds is 4. The number of Topliss-reactive ketones (excluding diaryl/α,β-unsaturated/α-hetero) is 1. The quantitative estimate of drug-likeness (QED) is 0.471. The molecular weight excluding hydrogens is 372 g/mol. The van der Waals surface area contributed by atoms with E-state index < -0.39 is 0 Å². The van der Waals surface area contributed by atoms with Gasteiger partial charge in [0.25, 0.3) is 0 Å². The van der Waals surface area contributed by atoms with E-state index in [4.69, 9.17) is 9.47 Å². The van der Waals surface area contributed by atoms with Gasteiger partial charge in [-0.25, -0.2) is 0 Å². The van der Waals surface area contributed by atoms with Gasteiger partial charge in [-0.2, -0.15) is 0 Å². The largest absolute Gasteiger partial charge is 0.489 e. The number of carbonyl (C=O) groups is 1. The Morgan fingerprint density at radius 2 is 1.70 bits per heavy atom. The molecule has 0 aliphatic carbocycles. The third kappa shape index (κ3) is 4.16. The summed E-state index contributed by atoms with van der Waals surface area (Å²) in [6.07, 6.45) is 1.79. The van der Waals surface area contributed by atoms with Crippen molar-refractivity contribution in [3.05, 3.63) is 100 Å². The monoisotopic (exact) mass is 398 g/mol. The van der Waals surface area contributed by atoms with Crippen LogP contribution in [0.3, 0.4) is 0 Å². The molecule has 1 heterocycles. The molecule has 3 heteroatoms. The van der Waals surface area contributed by atoms with Crippen LogP contribution in [-0.4, -0.2) is 5.78 Å². The highest BCUT2D eigenvalue weighted by Gasteiger charge is 2.27. The average Bonchev–Trinajstić information content (AvgIpc) is 3.02. The molecule has 3 aromatic carbocycles. The van der Waals surface area contributed by atoms with Gasteiger partial charge in [-0.3, -0.25) is 4.79 Å². The fraction of sp³-hybridized carbons (Fsp3) is 0.222. The van der Waals surface area contributed by atoms with Crippen molar-refractivity contribution in [1.82, 2.24) is 0 Å². The van der Waals surface area contributed by atoms with Gasteiger partial charge in [-0.1, -0.05) is 69.3 Å². The molecule has 0 saturated heterocycles. The van der Waals surface area contributed by atoms with Crippen molar-refractivity contribution in [3.8, 4) is 11.5 Å². The highest BCUT2D eigenvalue weighted by atomic mass is 16.5. The maximum absolute atomic E-state index is 12.7. The molecule has 1 aliphatic rings. The normalized spacial score (nSPS) is 14.5. The van der Waals surface area contributed by atoms with Crippen LogP contribution in [0.4, 0.5) is 0 Å². The molecule has 30 heavy (non-hydrogen) atoms. The van der Waals surface area contributed by atoms with Crippen LogP contribution >= 0.6 is 0 Å². The Kier molecular flexibility index (Phi) is 5.21. The molecule has 0 radical (unpaired) electrons.